The Morgan fingerprint density at radius 2 is 1.54 bits per heavy atom. The molecule has 0 aliphatic heterocycles. The van der Waals surface area contributed by atoms with E-state index in [1.807, 2.05) is 19.1 Å². The number of carbonyl (C=O) groups excluding carboxylic acids is 3. The van der Waals surface area contributed by atoms with E-state index in [2.05, 4.69) is 0 Å². The fourth-order valence-electron chi connectivity index (χ4n) is 2.26. The van der Waals surface area contributed by atoms with Crippen molar-refractivity contribution in [2.24, 2.45) is 5.73 Å². The summed E-state index contributed by atoms with van der Waals surface area (Å²) in [5.74, 6) is -1.06. The Hall–Kier alpha value is -3.15. The number of primary amides is 1. The molecule has 0 saturated heterocycles. The van der Waals surface area contributed by atoms with E-state index in [9.17, 15) is 14.4 Å². The number of nitrogens with two attached hydrogens (primary N) is 1. The molecule has 2 aromatic carbocycles. The summed E-state index contributed by atoms with van der Waals surface area (Å²) >= 11 is 0. The van der Waals surface area contributed by atoms with Crippen molar-refractivity contribution in [1.82, 2.24) is 0 Å². The maximum absolute atomic E-state index is 12.4. The molecule has 0 radical (unpaired) electrons. The van der Waals surface area contributed by atoms with Gasteiger partial charge in [-0.05, 0) is 43.2 Å². The molecule has 0 heterocycles. The molecule has 136 valence electrons. The number of benzene rings is 2. The number of hydrogen-bond donors (Lipinski definition) is 1. The second kappa shape index (κ2) is 8.80. The van der Waals surface area contributed by atoms with Crippen molar-refractivity contribution in [1.29, 1.82) is 0 Å². The molecule has 6 heteroatoms. The molecule has 2 aromatic rings. The summed E-state index contributed by atoms with van der Waals surface area (Å²) in [6.07, 6.45) is -0.0150. The van der Waals surface area contributed by atoms with Crippen molar-refractivity contribution in [2.45, 2.75) is 26.4 Å². The Labute approximate surface area is 151 Å². The zero-order valence-corrected chi connectivity index (χ0v) is 14.7. The third-order valence-corrected chi connectivity index (χ3v) is 3.77. The first kappa shape index (κ1) is 19.2. The predicted molar refractivity (Wildman–Crippen MR) is 96.2 cm³/mol. The lowest BCUT2D eigenvalue weighted by molar-refractivity contribution is -0.119. The summed E-state index contributed by atoms with van der Waals surface area (Å²) in [7, 11) is 0. The van der Waals surface area contributed by atoms with Crippen LogP contribution in [0.2, 0.25) is 0 Å². The van der Waals surface area contributed by atoms with Gasteiger partial charge in [-0.25, -0.2) is 4.79 Å². The van der Waals surface area contributed by atoms with Crippen LogP contribution in [-0.2, 0) is 16.0 Å². The molecule has 26 heavy (non-hydrogen) atoms. The molecule has 1 atom stereocenters. The quantitative estimate of drug-likeness (QED) is 0.580. The second-order valence-electron chi connectivity index (χ2n) is 5.74. The van der Waals surface area contributed by atoms with Crippen molar-refractivity contribution >= 4 is 17.7 Å². The largest absolute Gasteiger partial charge is 0.484 e. The molecule has 0 aliphatic rings. The highest BCUT2D eigenvalue weighted by atomic mass is 16.5. The number of Topliss-reactive ketones (excluding diaryl/α,β-unsaturated/α-hetero) is 1. The van der Waals surface area contributed by atoms with Crippen LogP contribution in [0.5, 0.6) is 5.75 Å². The Morgan fingerprint density at radius 3 is 2.08 bits per heavy atom. The summed E-state index contributed by atoms with van der Waals surface area (Å²) in [6.45, 7) is 3.33. The van der Waals surface area contributed by atoms with Crippen molar-refractivity contribution in [3.63, 3.8) is 0 Å². The molecule has 0 bridgehead atoms. The molecule has 2 N–H and O–H groups in total. The molecule has 0 fully saturated rings. The molecule has 0 unspecified atom stereocenters. The molecular weight excluding hydrogens is 334 g/mol. The van der Waals surface area contributed by atoms with Gasteiger partial charge in [0.1, 0.15) is 5.75 Å². The maximum Gasteiger partial charge on any atom is 0.338 e. The zero-order valence-electron chi connectivity index (χ0n) is 14.7. The van der Waals surface area contributed by atoms with Gasteiger partial charge in [0.15, 0.2) is 12.7 Å². The number of esters is 1. The first-order valence-corrected chi connectivity index (χ1v) is 8.26. The Morgan fingerprint density at radius 1 is 0.962 bits per heavy atom. The van der Waals surface area contributed by atoms with Crippen LogP contribution in [0, 0.1) is 0 Å². The monoisotopic (exact) mass is 355 g/mol. The van der Waals surface area contributed by atoms with Gasteiger partial charge in [0.05, 0.1) is 5.56 Å². The zero-order chi connectivity index (χ0) is 19.1. The summed E-state index contributed by atoms with van der Waals surface area (Å²) in [4.78, 5) is 35.2. The first-order valence-electron chi connectivity index (χ1n) is 8.26. The molecule has 0 saturated carbocycles. The average molecular weight is 355 g/mol. The number of ketones is 1. The average Bonchev–Trinajstić information content (AvgIpc) is 2.66. The number of amides is 1. The number of ether oxygens (including phenoxy) is 2. The lowest BCUT2D eigenvalue weighted by atomic mass is 10.0. The van der Waals surface area contributed by atoms with Crippen LogP contribution in [0.4, 0.5) is 0 Å². The highest BCUT2D eigenvalue weighted by molar-refractivity contribution is 6.01. The normalized spacial score (nSPS) is 11.5. The van der Waals surface area contributed by atoms with Crippen molar-refractivity contribution < 1.29 is 23.9 Å². The van der Waals surface area contributed by atoms with Gasteiger partial charge in [0.2, 0.25) is 5.78 Å². The molecule has 6 nitrogen and oxygen atoms in total. The van der Waals surface area contributed by atoms with Gasteiger partial charge < -0.3 is 15.2 Å². The number of rotatable bonds is 8. The fourth-order valence-corrected chi connectivity index (χ4v) is 2.26. The lowest BCUT2D eigenvalue weighted by Crippen LogP contribution is -2.24. The van der Waals surface area contributed by atoms with Gasteiger partial charge in [-0.3, -0.25) is 9.59 Å². The van der Waals surface area contributed by atoms with E-state index in [1.165, 1.54) is 31.2 Å². The van der Waals surface area contributed by atoms with Crippen LogP contribution in [0.15, 0.2) is 48.5 Å². The topological polar surface area (TPSA) is 95.7 Å². The SMILES string of the molecule is CCc1ccc(C(=O)[C@@H](C)OC(=O)c2ccc(OCC(N)=O)cc2)cc1. The van der Waals surface area contributed by atoms with Crippen molar-refractivity contribution in [2.75, 3.05) is 6.61 Å². The lowest BCUT2D eigenvalue weighted by Gasteiger charge is -2.13. The van der Waals surface area contributed by atoms with E-state index < -0.39 is 18.0 Å². The Kier molecular flexibility index (Phi) is 6.49. The van der Waals surface area contributed by atoms with Gasteiger partial charge in [-0.2, -0.15) is 0 Å². The minimum absolute atomic E-state index is 0.244. The second-order valence-corrected chi connectivity index (χ2v) is 5.74. The third kappa shape index (κ3) is 5.17. The smallest absolute Gasteiger partial charge is 0.338 e. The van der Waals surface area contributed by atoms with E-state index in [0.717, 1.165) is 12.0 Å². The minimum atomic E-state index is -0.902. The van der Waals surface area contributed by atoms with Crippen LogP contribution in [-0.4, -0.2) is 30.4 Å². The molecular formula is C20H21NO5. The van der Waals surface area contributed by atoms with Crippen LogP contribution in [0.25, 0.3) is 0 Å². The minimum Gasteiger partial charge on any atom is -0.484 e. The highest BCUT2D eigenvalue weighted by Gasteiger charge is 2.20. The van der Waals surface area contributed by atoms with Gasteiger partial charge in [0, 0.05) is 5.56 Å². The fraction of sp³-hybridized carbons (Fsp3) is 0.250. The summed E-state index contributed by atoms with van der Waals surface area (Å²) in [6, 6.07) is 13.3. The maximum atomic E-state index is 12.4. The molecule has 1 amide bonds. The van der Waals surface area contributed by atoms with Crippen molar-refractivity contribution in [3.05, 3.63) is 65.2 Å². The predicted octanol–water partition coefficient (Wildman–Crippen LogP) is 2.54. The highest BCUT2D eigenvalue weighted by Crippen LogP contribution is 2.15. The number of aryl methyl sites for hydroxylation is 1. The molecule has 2 rings (SSSR count). The Balaban J connectivity index is 1.96. The third-order valence-electron chi connectivity index (χ3n) is 3.77. The van der Waals surface area contributed by atoms with Crippen LogP contribution < -0.4 is 10.5 Å². The van der Waals surface area contributed by atoms with E-state index in [1.54, 1.807) is 12.1 Å². The van der Waals surface area contributed by atoms with Crippen molar-refractivity contribution in [3.8, 4) is 5.75 Å². The molecule has 0 aromatic heterocycles. The molecule has 0 aliphatic carbocycles. The van der Waals surface area contributed by atoms with Gasteiger partial charge in [-0.15, -0.1) is 0 Å². The van der Waals surface area contributed by atoms with E-state index in [0.29, 0.717) is 11.3 Å². The van der Waals surface area contributed by atoms with Gasteiger partial charge in [-0.1, -0.05) is 31.2 Å². The summed E-state index contributed by atoms with van der Waals surface area (Å²) < 4.78 is 10.4. The molecule has 0 spiro atoms. The Bertz CT molecular complexity index is 781. The van der Waals surface area contributed by atoms with E-state index in [-0.39, 0.29) is 18.0 Å². The summed E-state index contributed by atoms with van der Waals surface area (Å²) in [5.41, 5.74) is 6.90. The number of hydrogen-bond acceptors (Lipinski definition) is 5. The standard InChI is InChI=1S/C20H21NO5/c1-3-14-4-6-15(7-5-14)19(23)13(2)26-20(24)16-8-10-17(11-9-16)25-12-18(21)22/h4-11,13H,3,12H2,1-2H3,(H2,21,22)/t13-/m1/s1. The summed E-state index contributed by atoms with van der Waals surface area (Å²) in [5, 5.41) is 0. The number of carbonyl (C=O) groups is 3. The van der Waals surface area contributed by atoms with Crippen LogP contribution in [0.1, 0.15) is 40.1 Å². The van der Waals surface area contributed by atoms with Crippen LogP contribution >= 0.6 is 0 Å². The van der Waals surface area contributed by atoms with E-state index in [4.69, 9.17) is 15.2 Å². The van der Waals surface area contributed by atoms with Gasteiger partial charge >= 0.3 is 5.97 Å². The van der Waals surface area contributed by atoms with Gasteiger partial charge in [0.25, 0.3) is 5.91 Å². The van der Waals surface area contributed by atoms with Crippen LogP contribution in [0.3, 0.4) is 0 Å². The first-order chi connectivity index (χ1) is 12.4. The van der Waals surface area contributed by atoms with E-state index >= 15 is 0 Å².